The van der Waals surface area contributed by atoms with E-state index in [-0.39, 0.29) is 0 Å². The molecule has 0 radical (unpaired) electrons. The fourth-order valence-corrected chi connectivity index (χ4v) is 2.34. The number of β-amino-alcohol motifs (C(OH)–C–C–N with tert-alkyl or cyclic N) is 1. The molecule has 5 heteroatoms. The first-order chi connectivity index (χ1) is 8.98. The van der Waals surface area contributed by atoms with Crippen LogP contribution in [0.25, 0.3) is 0 Å². The van der Waals surface area contributed by atoms with Crippen LogP contribution in [0.4, 0.5) is 5.82 Å². The SMILES string of the molecule is CC(C)(O)CN1CCN(c2ccc(C=O)cn2)CC1. The minimum atomic E-state index is -0.647. The van der Waals surface area contributed by atoms with E-state index in [9.17, 15) is 9.90 Å². The van der Waals surface area contributed by atoms with Crippen molar-refractivity contribution in [2.45, 2.75) is 19.4 Å². The Morgan fingerprint density at radius 3 is 2.47 bits per heavy atom. The average Bonchev–Trinajstić information content (AvgIpc) is 2.38. The van der Waals surface area contributed by atoms with Crippen LogP contribution < -0.4 is 4.90 Å². The zero-order chi connectivity index (χ0) is 13.9. The van der Waals surface area contributed by atoms with Crippen LogP contribution in [0.5, 0.6) is 0 Å². The second-order valence-electron chi connectivity index (χ2n) is 5.64. The number of rotatable bonds is 4. The fraction of sp³-hybridized carbons (Fsp3) is 0.571. The van der Waals surface area contributed by atoms with Crippen LogP contribution >= 0.6 is 0 Å². The van der Waals surface area contributed by atoms with Gasteiger partial charge in [-0.15, -0.1) is 0 Å². The van der Waals surface area contributed by atoms with Gasteiger partial charge in [-0.05, 0) is 26.0 Å². The van der Waals surface area contributed by atoms with Gasteiger partial charge in [0, 0.05) is 44.5 Å². The largest absolute Gasteiger partial charge is 0.389 e. The van der Waals surface area contributed by atoms with Crippen LogP contribution in [-0.4, -0.2) is 59.6 Å². The van der Waals surface area contributed by atoms with E-state index in [1.165, 1.54) is 0 Å². The van der Waals surface area contributed by atoms with Gasteiger partial charge < -0.3 is 10.0 Å². The molecule has 1 aliphatic heterocycles. The van der Waals surface area contributed by atoms with Crippen molar-refractivity contribution in [1.82, 2.24) is 9.88 Å². The molecule has 0 amide bonds. The Morgan fingerprint density at radius 2 is 2.00 bits per heavy atom. The summed E-state index contributed by atoms with van der Waals surface area (Å²) in [5.74, 6) is 0.911. The summed E-state index contributed by atoms with van der Waals surface area (Å²) in [6.45, 7) is 7.98. The zero-order valence-corrected chi connectivity index (χ0v) is 11.5. The maximum atomic E-state index is 10.6. The monoisotopic (exact) mass is 263 g/mol. The van der Waals surface area contributed by atoms with E-state index in [0.29, 0.717) is 12.1 Å². The highest BCUT2D eigenvalue weighted by atomic mass is 16.3. The third kappa shape index (κ3) is 4.01. The molecule has 5 nitrogen and oxygen atoms in total. The predicted octanol–water partition coefficient (Wildman–Crippen LogP) is 0.787. The Morgan fingerprint density at radius 1 is 1.32 bits per heavy atom. The molecule has 1 N–H and O–H groups in total. The molecule has 0 spiro atoms. The van der Waals surface area contributed by atoms with E-state index in [1.807, 2.05) is 19.9 Å². The fourth-order valence-electron chi connectivity index (χ4n) is 2.34. The molecule has 0 aromatic carbocycles. The Bertz CT molecular complexity index is 417. The Kier molecular flexibility index (Phi) is 4.17. The highest BCUT2D eigenvalue weighted by Crippen LogP contribution is 2.15. The molecule has 0 atom stereocenters. The standard InChI is InChI=1S/C14H21N3O2/c1-14(2,19)11-16-5-7-17(8-6-16)13-4-3-12(10-18)9-15-13/h3-4,9-10,19H,5-8,11H2,1-2H3. The van der Waals surface area contributed by atoms with Gasteiger partial charge in [-0.2, -0.15) is 0 Å². The summed E-state index contributed by atoms with van der Waals surface area (Å²) in [7, 11) is 0. The lowest BCUT2D eigenvalue weighted by molar-refractivity contribution is 0.0344. The molecule has 1 aromatic heterocycles. The number of carbonyl (C=O) groups is 1. The van der Waals surface area contributed by atoms with Crippen molar-refractivity contribution < 1.29 is 9.90 Å². The number of piperazine rings is 1. The lowest BCUT2D eigenvalue weighted by atomic mass is 10.1. The molecule has 19 heavy (non-hydrogen) atoms. The van der Waals surface area contributed by atoms with Gasteiger partial charge in [-0.1, -0.05) is 0 Å². The summed E-state index contributed by atoms with van der Waals surface area (Å²) in [5, 5.41) is 9.81. The summed E-state index contributed by atoms with van der Waals surface area (Å²) in [6, 6.07) is 3.67. The lowest BCUT2D eigenvalue weighted by Gasteiger charge is -2.37. The molecule has 104 valence electrons. The quantitative estimate of drug-likeness (QED) is 0.814. The van der Waals surface area contributed by atoms with Crippen LogP contribution in [0.15, 0.2) is 18.3 Å². The number of aromatic nitrogens is 1. The molecule has 0 bridgehead atoms. The second kappa shape index (κ2) is 5.67. The van der Waals surface area contributed by atoms with E-state index in [1.54, 1.807) is 12.3 Å². The first kappa shape index (κ1) is 14.0. The maximum Gasteiger partial charge on any atom is 0.151 e. The number of aliphatic hydroxyl groups is 1. The van der Waals surface area contributed by atoms with E-state index in [0.717, 1.165) is 38.3 Å². The van der Waals surface area contributed by atoms with Gasteiger partial charge in [-0.3, -0.25) is 9.69 Å². The summed E-state index contributed by atoms with van der Waals surface area (Å²) in [6.07, 6.45) is 2.41. The molecule has 1 saturated heterocycles. The molecule has 1 aliphatic rings. The van der Waals surface area contributed by atoms with Crippen molar-refractivity contribution in [2.24, 2.45) is 0 Å². The highest BCUT2D eigenvalue weighted by Gasteiger charge is 2.23. The van der Waals surface area contributed by atoms with Crippen LogP contribution in [0.2, 0.25) is 0 Å². The van der Waals surface area contributed by atoms with Gasteiger partial charge >= 0.3 is 0 Å². The highest BCUT2D eigenvalue weighted by molar-refractivity contribution is 5.74. The van der Waals surface area contributed by atoms with Gasteiger partial charge in [0.25, 0.3) is 0 Å². The summed E-state index contributed by atoms with van der Waals surface area (Å²) < 4.78 is 0. The molecule has 2 rings (SSSR count). The number of aldehydes is 1. The first-order valence-electron chi connectivity index (χ1n) is 6.59. The molecule has 0 saturated carbocycles. The van der Waals surface area contributed by atoms with Gasteiger partial charge in [0.2, 0.25) is 0 Å². The Balaban J connectivity index is 1.90. The summed E-state index contributed by atoms with van der Waals surface area (Å²) in [5.41, 5.74) is -0.0455. The number of anilines is 1. The van der Waals surface area contributed by atoms with Crippen molar-refractivity contribution in [2.75, 3.05) is 37.6 Å². The number of carbonyl (C=O) groups excluding carboxylic acids is 1. The zero-order valence-electron chi connectivity index (χ0n) is 11.5. The predicted molar refractivity (Wildman–Crippen MR) is 74.6 cm³/mol. The van der Waals surface area contributed by atoms with Crippen LogP contribution in [0.1, 0.15) is 24.2 Å². The van der Waals surface area contributed by atoms with Crippen LogP contribution in [0, 0.1) is 0 Å². The maximum absolute atomic E-state index is 10.6. The van der Waals surface area contributed by atoms with Crippen molar-refractivity contribution in [3.05, 3.63) is 23.9 Å². The number of hydrogen-bond donors (Lipinski definition) is 1. The van der Waals surface area contributed by atoms with Gasteiger partial charge in [-0.25, -0.2) is 4.98 Å². The lowest BCUT2D eigenvalue weighted by Crippen LogP contribution is -2.50. The second-order valence-corrected chi connectivity index (χ2v) is 5.64. The van der Waals surface area contributed by atoms with Crippen molar-refractivity contribution in [3.8, 4) is 0 Å². The molecule has 0 unspecified atom stereocenters. The van der Waals surface area contributed by atoms with Crippen molar-refractivity contribution >= 4 is 12.1 Å². The van der Waals surface area contributed by atoms with Gasteiger partial charge in [0.1, 0.15) is 5.82 Å². The number of hydrogen-bond acceptors (Lipinski definition) is 5. The topological polar surface area (TPSA) is 56.7 Å². The Labute approximate surface area is 113 Å². The smallest absolute Gasteiger partial charge is 0.151 e. The molecule has 1 aromatic rings. The number of pyridine rings is 1. The third-order valence-electron chi connectivity index (χ3n) is 3.21. The third-order valence-corrected chi connectivity index (χ3v) is 3.21. The van der Waals surface area contributed by atoms with Crippen molar-refractivity contribution in [3.63, 3.8) is 0 Å². The van der Waals surface area contributed by atoms with Gasteiger partial charge in [0.05, 0.1) is 5.60 Å². The van der Waals surface area contributed by atoms with E-state index >= 15 is 0 Å². The first-order valence-corrected chi connectivity index (χ1v) is 6.59. The summed E-state index contributed by atoms with van der Waals surface area (Å²) in [4.78, 5) is 19.3. The van der Waals surface area contributed by atoms with E-state index in [4.69, 9.17) is 0 Å². The minimum absolute atomic E-state index is 0.601. The van der Waals surface area contributed by atoms with E-state index in [2.05, 4.69) is 14.8 Å². The molecular formula is C14H21N3O2. The van der Waals surface area contributed by atoms with Gasteiger partial charge in [0.15, 0.2) is 6.29 Å². The van der Waals surface area contributed by atoms with Crippen LogP contribution in [0.3, 0.4) is 0 Å². The normalized spacial score (nSPS) is 17.5. The van der Waals surface area contributed by atoms with E-state index < -0.39 is 5.60 Å². The molecular weight excluding hydrogens is 242 g/mol. The minimum Gasteiger partial charge on any atom is -0.389 e. The number of nitrogens with zero attached hydrogens (tertiary/aromatic N) is 3. The average molecular weight is 263 g/mol. The Hall–Kier alpha value is -1.46. The van der Waals surface area contributed by atoms with Crippen molar-refractivity contribution in [1.29, 1.82) is 0 Å². The van der Waals surface area contributed by atoms with Crippen LogP contribution in [-0.2, 0) is 0 Å². The summed E-state index contributed by atoms with van der Waals surface area (Å²) >= 11 is 0. The molecule has 1 fully saturated rings. The molecule has 2 heterocycles. The molecule has 0 aliphatic carbocycles.